The van der Waals surface area contributed by atoms with Crippen LogP contribution in [0.2, 0.25) is 5.02 Å². The second kappa shape index (κ2) is 5.83. The van der Waals surface area contributed by atoms with Gasteiger partial charge in [0.15, 0.2) is 6.29 Å². The van der Waals surface area contributed by atoms with E-state index in [-0.39, 0.29) is 12.3 Å². The summed E-state index contributed by atoms with van der Waals surface area (Å²) in [5, 5.41) is 0.786. The minimum Gasteiger partial charge on any atom is -0.350 e. The first-order valence-electron chi connectivity index (χ1n) is 5.89. The standard InChI is InChI=1S/C13H18ClNO2/c1-9-2-3-10(12(14)6-9)7-11(15)8-13-16-4-5-17-13/h2-3,6,11,13H,4-5,7-8,15H2,1H3. The van der Waals surface area contributed by atoms with Crippen LogP contribution in [-0.2, 0) is 15.9 Å². The first-order chi connectivity index (χ1) is 8.15. The van der Waals surface area contributed by atoms with E-state index in [2.05, 4.69) is 6.07 Å². The number of hydrogen-bond acceptors (Lipinski definition) is 3. The summed E-state index contributed by atoms with van der Waals surface area (Å²) in [6.45, 7) is 3.36. The van der Waals surface area contributed by atoms with Gasteiger partial charge in [-0.3, -0.25) is 0 Å². The number of hydrogen-bond donors (Lipinski definition) is 1. The Kier molecular flexibility index (Phi) is 4.40. The van der Waals surface area contributed by atoms with Crippen LogP contribution < -0.4 is 5.73 Å². The molecule has 0 radical (unpaired) electrons. The molecule has 1 unspecified atom stereocenters. The van der Waals surface area contributed by atoms with Gasteiger partial charge in [-0.25, -0.2) is 0 Å². The van der Waals surface area contributed by atoms with Crippen LogP contribution in [0.3, 0.4) is 0 Å². The fourth-order valence-corrected chi connectivity index (χ4v) is 2.29. The highest BCUT2D eigenvalue weighted by Crippen LogP contribution is 2.20. The van der Waals surface area contributed by atoms with E-state index in [1.54, 1.807) is 0 Å². The highest BCUT2D eigenvalue weighted by Gasteiger charge is 2.19. The fraction of sp³-hybridized carbons (Fsp3) is 0.538. The predicted octanol–water partition coefficient (Wildman–Crippen LogP) is 2.28. The molecular weight excluding hydrogens is 238 g/mol. The van der Waals surface area contributed by atoms with Crippen LogP contribution in [-0.4, -0.2) is 25.5 Å². The van der Waals surface area contributed by atoms with E-state index in [4.69, 9.17) is 26.8 Å². The first-order valence-corrected chi connectivity index (χ1v) is 6.27. The zero-order chi connectivity index (χ0) is 12.3. The fourth-order valence-electron chi connectivity index (χ4n) is 1.97. The van der Waals surface area contributed by atoms with Gasteiger partial charge in [-0.1, -0.05) is 23.7 Å². The Morgan fingerprint density at radius 1 is 1.41 bits per heavy atom. The normalized spacial score (nSPS) is 18.5. The summed E-state index contributed by atoms with van der Waals surface area (Å²) in [6, 6.07) is 6.06. The minimum atomic E-state index is -0.144. The van der Waals surface area contributed by atoms with Crippen LogP contribution in [0.25, 0.3) is 0 Å². The molecule has 1 heterocycles. The molecule has 94 valence electrons. The van der Waals surface area contributed by atoms with E-state index in [0.29, 0.717) is 19.6 Å². The molecule has 1 fully saturated rings. The van der Waals surface area contributed by atoms with Crippen molar-refractivity contribution < 1.29 is 9.47 Å². The Labute approximate surface area is 107 Å². The van der Waals surface area contributed by atoms with E-state index in [1.807, 2.05) is 19.1 Å². The lowest BCUT2D eigenvalue weighted by molar-refractivity contribution is -0.0504. The number of aryl methyl sites for hydroxylation is 1. The van der Waals surface area contributed by atoms with Gasteiger partial charge in [0.05, 0.1) is 13.2 Å². The van der Waals surface area contributed by atoms with Crippen molar-refractivity contribution in [3.05, 3.63) is 34.3 Å². The average Bonchev–Trinajstić information content (AvgIpc) is 2.75. The largest absolute Gasteiger partial charge is 0.350 e. The van der Waals surface area contributed by atoms with Crippen molar-refractivity contribution in [1.82, 2.24) is 0 Å². The van der Waals surface area contributed by atoms with Gasteiger partial charge in [0.2, 0.25) is 0 Å². The highest BCUT2D eigenvalue weighted by molar-refractivity contribution is 6.31. The molecule has 1 aliphatic heterocycles. The Morgan fingerprint density at radius 2 is 2.12 bits per heavy atom. The number of nitrogens with two attached hydrogens (primary N) is 1. The van der Waals surface area contributed by atoms with E-state index in [9.17, 15) is 0 Å². The lowest BCUT2D eigenvalue weighted by atomic mass is 10.0. The summed E-state index contributed by atoms with van der Waals surface area (Å²) in [5.74, 6) is 0. The van der Waals surface area contributed by atoms with Gasteiger partial charge in [-0.15, -0.1) is 0 Å². The third kappa shape index (κ3) is 3.68. The van der Waals surface area contributed by atoms with Gasteiger partial charge >= 0.3 is 0 Å². The molecule has 0 aromatic heterocycles. The van der Waals surface area contributed by atoms with Gasteiger partial charge < -0.3 is 15.2 Å². The van der Waals surface area contributed by atoms with Crippen molar-refractivity contribution in [1.29, 1.82) is 0 Å². The van der Waals surface area contributed by atoms with Crippen molar-refractivity contribution in [2.75, 3.05) is 13.2 Å². The minimum absolute atomic E-state index is 0.0123. The van der Waals surface area contributed by atoms with Crippen molar-refractivity contribution in [3.8, 4) is 0 Å². The molecule has 1 aromatic carbocycles. The molecule has 2 N–H and O–H groups in total. The number of benzene rings is 1. The van der Waals surface area contributed by atoms with Crippen LogP contribution in [0.1, 0.15) is 17.5 Å². The molecule has 0 aliphatic carbocycles. The van der Waals surface area contributed by atoms with Crippen molar-refractivity contribution in [2.45, 2.75) is 32.1 Å². The SMILES string of the molecule is Cc1ccc(CC(N)CC2OCCO2)c(Cl)c1. The lowest BCUT2D eigenvalue weighted by Crippen LogP contribution is -2.28. The topological polar surface area (TPSA) is 44.5 Å². The summed E-state index contributed by atoms with van der Waals surface area (Å²) in [4.78, 5) is 0. The summed E-state index contributed by atoms with van der Waals surface area (Å²) in [5.41, 5.74) is 8.32. The lowest BCUT2D eigenvalue weighted by Gasteiger charge is -2.16. The molecule has 1 aliphatic rings. The van der Waals surface area contributed by atoms with Crippen molar-refractivity contribution in [3.63, 3.8) is 0 Å². The highest BCUT2D eigenvalue weighted by atomic mass is 35.5. The number of rotatable bonds is 4. The second-order valence-corrected chi connectivity index (χ2v) is 4.87. The molecule has 0 bridgehead atoms. The molecule has 1 aromatic rings. The van der Waals surface area contributed by atoms with Gasteiger partial charge in [-0.2, -0.15) is 0 Å². The molecular formula is C13H18ClNO2. The number of ether oxygens (including phenoxy) is 2. The zero-order valence-corrected chi connectivity index (χ0v) is 10.7. The molecule has 0 saturated carbocycles. The van der Waals surface area contributed by atoms with E-state index in [0.717, 1.165) is 22.6 Å². The molecule has 17 heavy (non-hydrogen) atoms. The van der Waals surface area contributed by atoms with Gasteiger partial charge in [-0.05, 0) is 30.5 Å². The van der Waals surface area contributed by atoms with Crippen molar-refractivity contribution in [2.24, 2.45) is 5.73 Å². The Bertz CT molecular complexity index is 378. The van der Waals surface area contributed by atoms with Crippen LogP contribution in [0, 0.1) is 6.92 Å². The monoisotopic (exact) mass is 255 g/mol. The molecule has 0 spiro atoms. The van der Waals surface area contributed by atoms with Gasteiger partial charge in [0.25, 0.3) is 0 Å². The molecule has 1 atom stereocenters. The van der Waals surface area contributed by atoms with Crippen LogP contribution in [0.5, 0.6) is 0 Å². The molecule has 2 rings (SSSR count). The van der Waals surface area contributed by atoms with Gasteiger partial charge in [0, 0.05) is 17.5 Å². The van der Waals surface area contributed by atoms with Gasteiger partial charge in [0.1, 0.15) is 0 Å². The maximum atomic E-state index is 6.17. The number of halogens is 1. The maximum Gasteiger partial charge on any atom is 0.159 e. The van der Waals surface area contributed by atoms with E-state index < -0.39 is 0 Å². The van der Waals surface area contributed by atoms with Crippen LogP contribution in [0.15, 0.2) is 18.2 Å². The first kappa shape index (κ1) is 12.8. The summed E-state index contributed by atoms with van der Waals surface area (Å²) < 4.78 is 10.8. The molecule has 1 saturated heterocycles. The third-order valence-electron chi connectivity index (χ3n) is 2.88. The maximum absolute atomic E-state index is 6.17. The Balaban J connectivity index is 1.90. The summed E-state index contributed by atoms with van der Waals surface area (Å²) >= 11 is 6.17. The van der Waals surface area contributed by atoms with Crippen LogP contribution in [0.4, 0.5) is 0 Å². The van der Waals surface area contributed by atoms with Crippen molar-refractivity contribution >= 4 is 11.6 Å². The Morgan fingerprint density at radius 3 is 2.76 bits per heavy atom. The summed E-state index contributed by atoms with van der Waals surface area (Å²) in [6.07, 6.45) is 1.32. The third-order valence-corrected chi connectivity index (χ3v) is 3.23. The van der Waals surface area contributed by atoms with Crippen LogP contribution >= 0.6 is 11.6 Å². The van der Waals surface area contributed by atoms with E-state index >= 15 is 0 Å². The smallest absolute Gasteiger partial charge is 0.159 e. The second-order valence-electron chi connectivity index (χ2n) is 4.47. The predicted molar refractivity (Wildman–Crippen MR) is 68.2 cm³/mol. The molecule has 4 heteroatoms. The molecule has 0 amide bonds. The summed E-state index contributed by atoms with van der Waals surface area (Å²) in [7, 11) is 0. The quantitative estimate of drug-likeness (QED) is 0.898. The Hall–Kier alpha value is -0.610. The molecule has 3 nitrogen and oxygen atoms in total. The van der Waals surface area contributed by atoms with E-state index in [1.165, 1.54) is 0 Å². The average molecular weight is 256 g/mol. The zero-order valence-electron chi connectivity index (χ0n) is 9.99.